The van der Waals surface area contributed by atoms with Crippen LogP contribution in [0.4, 0.5) is 15.9 Å². The van der Waals surface area contributed by atoms with Crippen LogP contribution in [0.25, 0.3) is 6.08 Å². The van der Waals surface area contributed by atoms with E-state index in [1.54, 1.807) is 35.8 Å². The van der Waals surface area contributed by atoms with Crippen LogP contribution in [0.2, 0.25) is 0 Å². The average molecular weight is 570 g/mol. The summed E-state index contributed by atoms with van der Waals surface area (Å²) in [6, 6.07) is 8.63. The molecule has 0 unspecified atom stereocenters. The zero-order chi connectivity index (χ0) is 28.3. The smallest absolute Gasteiger partial charge is 0.305 e. The van der Waals surface area contributed by atoms with Crippen LogP contribution in [0.5, 0.6) is 0 Å². The number of carboxylic acid groups (broad SMARTS) is 1. The predicted molar refractivity (Wildman–Crippen MR) is 153 cm³/mol. The van der Waals surface area contributed by atoms with Gasteiger partial charge in [0.25, 0.3) is 11.5 Å². The number of carboxylic acids is 1. The molecule has 0 spiro atoms. The molecule has 2 aromatic rings. The number of rotatable bonds is 8. The third-order valence-electron chi connectivity index (χ3n) is 6.76. The molecule has 2 aliphatic rings. The highest BCUT2D eigenvalue weighted by Gasteiger charge is 2.34. The summed E-state index contributed by atoms with van der Waals surface area (Å²) < 4.78 is 16.3. The number of aliphatic carboxylic acids is 1. The number of hydrogen-bond donors (Lipinski definition) is 1. The number of carbonyl (C=O) groups excluding carboxylic acids is 1. The second kappa shape index (κ2) is 12.0. The number of halogens is 1. The minimum Gasteiger partial charge on any atom is -0.481 e. The van der Waals surface area contributed by atoms with Gasteiger partial charge in [-0.1, -0.05) is 43.0 Å². The number of aromatic nitrogens is 1. The highest BCUT2D eigenvalue weighted by molar-refractivity contribution is 8.26. The van der Waals surface area contributed by atoms with Crippen LogP contribution in [0.15, 0.2) is 34.0 Å². The molecule has 0 atom stereocenters. The number of hydrogen-bond acceptors (Lipinski definition) is 8. The van der Waals surface area contributed by atoms with Gasteiger partial charge in [-0.2, -0.15) is 5.26 Å². The maximum absolute atomic E-state index is 14.4. The molecule has 9 nitrogen and oxygen atoms in total. The normalized spacial score (nSPS) is 16.8. The Balaban J connectivity index is 1.77. The second-order valence-electron chi connectivity index (χ2n) is 9.21. The fourth-order valence-corrected chi connectivity index (χ4v) is 6.10. The van der Waals surface area contributed by atoms with Crippen molar-refractivity contribution in [2.24, 2.45) is 0 Å². The van der Waals surface area contributed by atoms with Crippen LogP contribution < -0.4 is 15.4 Å². The van der Waals surface area contributed by atoms with Crippen LogP contribution in [0.1, 0.15) is 36.5 Å². The summed E-state index contributed by atoms with van der Waals surface area (Å²) in [4.78, 5) is 43.1. The molecule has 204 valence electrons. The second-order valence-corrected chi connectivity index (χ2v) is 10.9. The fraction of sp³-hybridized carbons (Fsp3) is 0.370. The van der Waals surface area contributed by atoms with Crippen molar-refractivity contribution >= 4 is 57.8 Å². The van der Waals surface area contributed by atoms with Crippen molar-refractivity contribution in [1.82, 2.24) is 9.47 Å². The van der Waals surface area contributed by atoms with Crippen molar-refractivity contribution < 1.29 is 19.1 Å². The van der Waals surface area contributed by atoms with E-state index < -0.39 is 17.4 Å². The van der Waals surface area contributed by atoms with Crippen molar-refractivity contribution in [2.75, 3.05) is 42.5 Å². The summed E-state index contributed by atoms with van der Waals surface area (Å²) in [6.07, 6.45) is 2.06. The van der Waals surface area contributed by atoms with E-state index in [9.17, 15) is 24.0 Å². The Labute approximate surface area is 235 Å². The molecule has 39 heavy (non-hydrogen) atoms. The van der Waals surface area contributed by atoms with E-state index >= 15 is 0 Å². The first-order valence-electron chi connectivity index (χ1n) is 12.6. The molecule has 4 rings (SSSR count). The highest BCUT2D eigenvalue weighted by Crippen LogP contribution is 2.36. The highest BCUT2D eigenvalue weighted by atomic mass is 32.2. The Kier molecular flexibility index (Phi) is 8.72. The number of piperazine rings is 1. The van der Waals surface area contributed by atoms with Crippen LogP contribution >= 0.6 is 24.0 Å². The lowest BCUT2D eigenvalue weighted by Crippen LogP contribution is -2.49. The quantitative estimate of drug-likeness (QED) is 0.377. The van der Waals surface area contributed by atoms with Crippen LogP contribution in [0, 0.1) is 24.1 Å². The van der Waals surface area contributed by atoms with Gasteiger partial charge in [-0.15, -0.1) is 0 Å². The van der Waals surface area contributed by atoms with Gasteiger partial charge in [0.1, 0.15) is 27.6 Å². The van der Waals surface area contributed by atoms with E-state index in [2.05, 4.69) is 0 Å². The number of nitrogens with zero attached hydrogens (tertiary/aromatic N) is 5. The summed E-state index contributed by atoms with van der Waals surface area (Å²) >= 11 is 6.41. The fourth-order valence-electron chi connectivity index (χ4n) is 4.81. The third kappa shape index (κ3) is 5.69. The Bertz CT molecular complexity index is 1460. The zero-order valence-electron chi connectivity index (χ0n) is 21.6. The zero-order valence-corrected chi connectivity index (χ0v) is 23.3. The largest absolute Gasteiger partial charge is 0.481 e. The Morgan fingerprint density at radius 3 is 2.46 bits per heavy atom. The molecule has 0 radical (unpaired) electrons. The summed E-state index contributed by atoms with van der Waals surface area (Å²) in [7, 11) is 0. The molecule has 0 bridgehead atoms. The van der Waals surface area contributed by atoms with Gasteiger partial charge in [-0.25, -0.2) is 4.39 Å². The van der Waals surface area contributed by atoms with E-state index in [1.807, 2.05) is 22.8 Å². The van der Waals surface area contributed by atoms with E-state index in [1.165, 1.54) is 11.0 Å². The topological polar surface area (TPSA) is 110 Å². The molecule has 1 aromatic carbocycles. The molecular weight excluding hydrogens is 541 g/mol. The minimum absolute atomic E-state index is 0.00444. The standard InChI is InChI=1S/C27H28FN5O4S2/c1-3-9-32-24(31-13-11-30(12-14-31)21-7-5-4-6-20(21)28)18(17(2)19(16-29)25(32)36)15-22-26(37)33(27(38)39-22)10-8-23(34)35/h4-7,15H,3,8-14H2,1-2H3,(H,34,35)/b22-15+. The number of anilines is 2. The first-order valence-corrected chi connectivity index (χ1v) is 13.8. The lowest BCUT2D eigenvalue weighted by Gasteiger charge is -2.39. The van der Waals surface area contributed by atoms with Crippen LogP contribution in [-0.4, -0.2) is 63.5 Å². The SMILES string of the molecule is CCCn1c(N2CCN(c3ccccc3F)CC2)c(/C=C2/SC(=S)N(CCC(=O)O)C2=O)c(C)c(C#N)c1=O. The molecule has 1 aromatic heterocycles. The maximum Gasteiger partial charge on any atom is 0.305 e. The molecule has 12 heteroatoms. The average Bonchev–Trinajstić information content (AvgIpc) is 3.18. The predicted octanol–water partition coefficient (Wildman–Crippen LogP) is 3.58. The van der Waals surface area contributed by atoms with Gasteiger partial charge in [-0.05, 0) is 37.1 Å². The molecular formula is C27H28FN5O4S2. The number of thiocarbonyl (C=S) groups is 1. The van der Waals surface area contributed by atoms with Gasteiger partial charge in [0.05, 0.1) is 17.0 Å². The van der Waals surface area contributed by atoms with Crippen LogP contribution in [-0.2, 0) is 16.1 Å². The van der Waals surface area contributed by atoms with Crippen molar-refractivity contribution in [2.45, 2.75) is 33.2 Å². The summed E-state index contributed by atoms with van der Waals surface area (Å²) in [5, 5.41) is 18.9. The molecule has 0 saturated carbocycles. The molecule has 1 amide bonds. The minimum atomic E-state index is -1.04. The van der Waals surface area contributed by atoms with Crippen molar-refractivity contribution in [3.63, 3.8) is 0 Å². The number of amides is 1. The Hall–Kier alpha value is -3.69. The monoisotopic (exact) mass is 569 g/mol. The lowest BCUT2D eigenvalue weighted by molar-refractivity contribution is -0.137. The number of nitriles is 1. The summed E-state index contributed by atoms with van der Waals surface area (Å²) in [5.74, 6) is -1.14. The van der Waals surface area contributed by atoms with E-state index in [0.29, 0.717) is 66.7 Å². The first-order chi connectivity index (χ1) is 18.7. The molecule has 1 N–H and O–H groups in total. The molecule has 2 aliphatic heterocycles. The van der Waals surface area contributed by atoms with E-state index in [4.69, 9.17) is 17.3 Å². The van der Waals surface area contributed by atoms with Gasteiger partial charge >= 0.3 is 5.97 Å². The van der Waals surface area contributed by atoms with Crippen molar-refractivity contribution in [3.05, 3.63) is 62.0 Å². The van der Waals surface area contributed by atoms with Crippen molar-refractivity contribution in [3.8, 4) is 6.07 Å². The van der Waals surface area contributed by atoms with Crippen LogP contribution in [0.3, 0.4) is 0 Å². The van der Waals surface area contributed by atoms with E-state index in [-0.39, 0.29) is 28.7 Å². The lowest BCUT2D eigenvalue weighted by atomic mass is 10.0. The summed E-state index contributed by atoms with van der Waals surface area (Å²) in [6.45, 7) is 5.95. The number of pyridine rings is 1. The number of para-hydroxylation sites is 1. The van der Waals surface area contributed by atoms with Gasteiger partial charge in [0, 0.05) is 44.8 Å². The van der Waals surface area contributed by atoms with Gasteiger partial charge in [0.15, 0.2) is 0 Å². The number of benzene rings is 1. The third-order valence-corrected chi connectivity index (χ3v) is 8.14. The number of thioether (sulfide) groups is 1. The Morgan fingerprint density at radius 1 is 1.18 bits per heavy atom. The number of carbonyl (C=O) groups is 2. The molecule has 0 aliphatic carbocycles. The Morgan fingerprint density at radius 2 is 1.85 bits per heavy atom. The van der Waals surface area contributed by atoms with E-state index in [0.717, 1.165) is 11.8 Å². The molecule has 2 saturated heterocycles. The van der Waals surface area contributed by atoms with Crippen molar-refractivity contribution in [1.29, 1.82) is 5.26 Å². The van der Waals surface area contributed by atoms with Gasteiger partial charge < -0.3 is 14.9 Å². The summed E-state index contributed by atoms with van der Waals surface area (Å²) in [5.41, 5.74) is 1.15. The maximum atomic E-state index is 14.4. The van der Waals surface area contributed by atoms with Gasteiger partial charge in [0.2, 0.25) is 0 Å². The molecule has 2 fully saturated rings. The molecule has 3 heterocycles. The van der Waals surface area contributed by atoms with Gasteiger partial charge in [-0.3, -0.25) is 23.9 Å². The first kappa shape index (κ1) is 28.3.